The third-order valence-electron chi connectivity index (χ3n) is 3.73. The SMILES string of the molecule is CNC(Cc1ccc(F)cc1C)c1cc(C)c(F)cc1F. The molecule has 21 heavy (non-hydrogen) atoms. The zero-order valence-electron chi connectivity index (χ0n) is 12.3. The van der Waals surface area contributed by atoms with Crippen LogP contribution in [0.1, 0.15) is 28.3 Å². The summed E-state index contributed by atoms with van der Waals surface area (Å²) in [6, 6.07) is 6.67. The van der Waals surface area contributed by atoms with Crippen molar-refractivity contribution in [3.63, 3.8) is 0 Å². The van der Waals surface area contributed by atoms with Crippen LogP contribution in [0, 0.1) is 31.3 Å². The number of likely N-dealkylation sites (N-methyl/N-ethyl adjacent to an activating group) is 1. The van der Waals surface area contributed by atoms with E-state index < -0.39 is 11.6 Å². The van der Waals surface area contributed by atoms with Gasteiger partial charge in [0.05, 0.1) is 0 Å². The molecule has 1 atom stereocenters. The summed E-state index contributed by atoms with van der Waals surface area (Å²) in [6.07, 6.45) is 0.505. The minimum Gasteiger partial charge on any atom is -0.313 e. The van der Waals surface area contributed by atoms with E-state index in [4.69, 9.17) is 0 Å². The maximum Gasteiger partial charge on any atom is 0.130 e. The molecule has 0 spiro atoms. The fourth-order valence-corrected chi connectivity index (χ4v) is 2.42. The lowest BCUT2D eigenvalue weighted by molar-refractivity contribution is 0.518. The highest BCUT2D eigenvalue weighted by atomic mass is 19.1. The van der Waals surface area contributed by atoms with Crippen LogP contribution < -0.4 is 5.32 Å². The average Bonchev–Trinajstić information content (AvgIpc) is 2.43. The Balaban J connectivity index is 2.34. The maximum absolute atomic E-state index is 14.0. The van der Waals surface area contributed by atoms with E-state index in [0.29, 0.717) is 17.5 Å². The monoisotopic (exact) mass is 293 g/mol. The van der Waals surface area contributed by atoms with E-state index in [1.54, 1.807) is 20.0 Å². The Morgan fingerprint density at radius 3 is 2.29 bits per heavy atom. The summed E-state index contributed by atoms with van der Waals surface area (Å²) in [6.45, 7) is 3.42. The van der Waals surface area contributed by atoms with Gasteiger partial charge in [0.25, 0.3) is 0 Å². The van der Waals surface area contributed by atoms with Crippen LogP contribution in [0.25, 0.3) is 0 Å². The number of halogens is 3. The highest BCUT2D eigenvalue weighted by Gasteiger charge is 2.17. The van der Waals surface area contributed by atoms with Crippen LogP contribution in [0.3, 0.4) is 0 Å². The molecule has 0 aliphatic heterocycles. The summed E-state index contributed by atoms with van der Waals surface area (Å²) in [4.78, 5) is 0. The first-order chi connectivity index (χ1) is 9.92. The van der Waals surface area contributed by atoms with Crippen molar-refractivity contribution in [2.24, 2.45) is 0 Å². The van der Waals surface area contributed by atoms with Crippen molar-refractivity contribution in [2.75, 3.05) is 7.05 Å². The zero-order valence-corrected chi connectivity index (χ0v) is 12.3. The van der Waals surface area contributed by atoms with Crippen LogP contribution in [0.4, 0.5) is 13.2 Å². The molecule has 2 aromatic carbocycles. The molecule has 1 nitrogen and oxygen atoms in total. The van der Waals surface area contributed by atoms with E-state index in [9.17, 15) is 13.2 Å². The predicted octanol–water partition coefficient (Wildman–Crippen LogP) is 4.22. The molecule has 1 N–H and O–H groups in total. The Hall–Kier alpha value is -1.81. The molecule has 0 heterocycles. The molecule has 0 amide bonds. The van der Waals surface area contributed by atoms with Crippen molar-refractivity contribution >= 4 is 0 Å². The van der Waals surface area contributed by atoms with E-state index in [1.807, 2.05) is 6.92 Å². The van der Waals surface area contributed by atoms with Crippen molar-refractivity contribution in [1.82, 2.24) is 5.32 Å². The highest BCUT2D eigenvalue weighted by Crippen LogP contribution is 2.25. The average molecular weight is 293 g/mol. The molecule has 4 heteroatoms. The Bertz CT molecular complexity index is 653. The fourth-order valence-electron chi connectivity index (χ4n) is 2.42. The first-order valence-electron chi connectivity index (χ1n) is 6.80. The van der Waals surface area contributed by atoms with E-state index >= 15 is 0 Å². The number of hydrogen-bond acceptors (Lipinski definition) is 1. The van der Waals surface area contributed by atoms with Crippen LogP contribution >= 0.6 is 0 Å². The van der Waals surface area contributed by atoms with Crippen molar-refractivity contribution in [3.8, 4) is 0 Å². The molecular weight excluding hydrogens is 275 g/mol. The van der Waals surface area contributed by atoms with Crippen molar-refractivity contribution < 1.29 is 13.2 Å². The molecule has 0 aliphatic rings. The van der Waals surface area contributed by atoms with Gasteiger partial charge in [0.1, 0.15) is 17.5 Å². The number of rotatable bonds is 4. The molecule has 0 fully saturated rings. The summed E-state index contributed by atoms with van der Waals surface area (Å²) in [7, 11) is 1.72. The summed E-state index contributed by atoms with van der Waals surface area (Å²) < 4.78 is 40.5. The molecule has 2 aromatic rings. The topological polar surface area (TPSA) is 12.0 Å². The molecule has 0 radical (unpaired) electrons. The van der Waals surface area contributed by atoms with Crippen molar-refractivity contribution in [1.29, 1.82) is 0 Å². The van der Waals surface area contributed by atoms with Crippen LogP contribution in [-0.4, -0.2) is 7.05 Å². The Labute approximate surface area is 122 Å². The Morgan fingerprint density at radius 1 is 0.952 bits per heavy atom. The lowest BCUT2D eigenvalue weighted by atomic mass is 9.94. The molecule has 0 aromatic heterocycles. The van der Waals surface area contributed by atoms with Gasteiger partial charge in [-0.25, -0.2) is 13.2 Å². The van der Waals surface area contributed by atoms with Crippen LogP contribution in [0.15, 0.2) is 30.3 Å². The molecule has 0 aliphatic carbocycles. The maximum atomic E-state index is 14.0. The smallest absolute Gasteiger partial charge is 0.130 e. The fraction of sp³-hybridized carbons (Fsp3) is 0.294. The van der Waals surface area contributed by atoms with E-state index in [1.165, 1.54) is 18.2 Å². The second-order valence-corrected chi connectivity index (χ2v) is 5.24. The van der Waals surface area contributed by atoms with Crippen LogP contribution in [0.2, 0.25) is 0 Å². The first kappa shape index (κ1) is 15.6. The molecule has 0 saturated carbocycles. The summed E-state index contributed by atoms with van der Waals surface area (Å²) in [5, 5.41) is 3.04. The second-order valence-electron chi connectivity index (χ2n) is 5.24. The van der Waals surface area contributed by atoms with Gasteiger partial charge in [-0.3, -0.25) is 0 Å². The Kier molecular flexibility index (Phi) is 4.68. The largest absolute Gasteiger partial charge is 0.313 e. The van der Waals surface area contributed by atoms with Gasteiger partial charge in [-0.05, 0) is 62.2 Å². The predicted molar refractivity (Wildman–Crippen MR) is 77.7 cm³/mol. The normalized spacial score (nSPS) is 12.5. The number of hydrogen-bond donors (Lipinski definition) is 1. The van der Waals surface area contributed by atoms with Crippen molar-refractivity contribution in [3.05, 3.63) is 70.0 Å². The molecule has 2 rings (SSSR count). The van der Waals surface area contributed by atoms with Gasteiger partial charge in [0, 0.05) is 17.7 Å². The van der Waals surface area contributed by atoms with Gasteiger partial charge in [-0.2, -0.15) is 0 Å². The number of benzene rings is 2. The first-order valence-corrected chi connectivity index (χ1v) is 6.80. The minimum atomic E-state index is -0.572. The van der Waals surface area contributed by atoms with Gasteiger partial charge < -0.3 is 5.32 Å². The molecule has 0 bridgehead atoms. The number of aryl methyl sites for hydroxylation is 2. The highest BCUT2D eigenvalue weighted by molar-refractivity contribution is 5.32. The van der Waals surface area contributed by atoms with Gasteiger partial charge >= 0.3 is 0 Å². The molecular formula is C17H18F3N. The molecule has 112 valence electrons. The van der Waals surface area contributed by atoms with Gasteiger partial charge in [-0.1, -0.05) is 6.07 Å². The van der Waals surface area contributed by atoms with Gasteiger partial charge in [0.2, 0.25) is 0 Å². The summed E-state index contributed by atoms with van der Waals surface area (Å²) >= 11 is 0. The zero-order chi connectivity index (χ0) is 15.6. The van der Waals surface area contributed by atoms with Crippen molar-refractivity contribution in [2.45, 2.75) is 26.3 Å². The summed E-state index contributed by atoms with van der Waals surface area (Å²) in [5.74, 6) is -1.41. The molecule has 1 unspecified atom stereocenters. The van der Waals surface area contributed by atoms with Gasteiger partial charge in [0.15, 0.2) is 0 Å². The Morgan fingerprint density at radius 2 is 1.67 bits per heavy atom. The van der Waals surface area contributed by atoms with E-state index in [2.05, 4.69) is 5.32 Å². The number of nitrogens with one attached hydrogen (secondary N) is 1. The summed E-state index contributed by atoms with van der Waals surface area (Å²) in [5.41, 5.74) is 2.56. The van der Waals surface area contributed by atoms with Crippen LogP contribution in [0.5, 0.6) is 0 Å². The minimum absolute atomic E-state index is 0.291. The standard InChI is InChI=1S/C17H18F3N/c1-10-6-13(18)5-4-12(10)8-17(21-3)14-7-11(2)15(19)9-16(14)20/h4-7,9,17,21H,8H2,1-3H3. The third kappa shape index (κ3) is 3.45. The quantitative estimate of drug-likeness (QED) is 0.890. The third-order valence-corrected chi connectivity index (χ3v) is 3.73. The lowest BCUT2D eigenvalue weighted by Crippen LogP contribution is -2.21. The van der Waals surface area contributed by atoms with Gasteiger partial charge in [-0.15, -0.1) is 0 Å². The van der Waals surface area contributed by atoms with Crippen LogP contribution in [-0.2, 0) is 6.42 Å². The van der Waals surface area contributed by atoms with E-state index in [0.717, 1.165) is 17.2 Å². The molecule has 0 saturated heterocycles. The second kappa shape index (κ2) is 6.31. The lowest BCUT2D eigenvalue weighted by Gasteiger charge is -2.19. The van der Waals surface area contributed by atoms with E-state index in [-0.39, 0.29) is 11.9 Å².